The van der Waals surface area contributed by atoms with Gasteiger partial charge in [0.15, 0.2) is 0 Å². The predicted octanol–water partition coefficient (Wildman–Crippen LogP) is 3.84. The Hall–Kier alpha value is -3.70. The molecule has 35 heavy (non-hydrogen) atoms. The summed E-state index contributed by atoms with van der Waals surface area (Å²) in [5.41, 5.74) is -9.67. The Morgan fingerprint density at radius 3 is 1.49 bits per heavy atom. The van der Waals surface area contributed by atoms with E-state index in [0.29, 0.717) is 17.0 Å². The molecule has 0 bridgehead atoms. The maximum absolute atomic E-state index is 14.7. The maximum Gasteiger partial charge on any atom is 0.411 e. The number of fused-ring (bicyclic) bond motifs is 4. The normalized spacial score (nSPS) is 18.6. The number of amides is 4. The van der Waals surface area contributed by atoms with Gasteiger partial charge in [0.25, 0.3) is 23.6 Å². The summed E-state index contributed by atoms with van der Waals surface area (Å²) in [6.07, 6.45) is -12.4. The lowest BCUT2D eigenvalue weighted by atomic mass is 9.64. The van der Waals surface area contributed by atoms with Crippen molar-refractivity contribution in [2.24, 2.45) is 0 Å². The smallest absolute Gasteiger partial charge is 0.277 e. The van der Waals surface area contributed by atoms with Gasteiger partial charge in [-0.2, -0.15) is 26.3 Å². The molecule has 0 atom stereocenters. The second-order valence-corrected chi connectivity index (χ2v) is 8.56. The van der Waals surface area contributed by atoms with E-state index in [2.05, 4.69) is 0 Å². The molecule has 0 aromatic heterocycles. The monoisotopic (exact) mass is 496 g/mol. The summed E-state index contributed by atoms with van der Waals surface area (Å²) in [4.78, 5) is 51.3. The standard InChI is InChI=1S/C23H14F6N2O4/c1-3-31-19(34)12-6-10-4-9-5-11-13(18(33)30(2)17(11)32)7-15(9)21(22(24,25)26,23(27,28)29)16(10)8-14(12)20(31)35/h5-8H,3-4H2,1-2H3. The van der Waals surface area contributed by atoms with Crippen LogP contribution in [0.2, 0.25) is 0 Å². The van der Waals surface area contributed by atoms with E-state index < -0.39 is 81.2 Å². The summed E-state index contributed by atoms with van der Waals surface area (Å²) in [5.74, 6) is -3.68. The molecule has 1 aliphatic carbocycles. The van der Waals surface area contributed by atoms with Gasteiger partial charge in [0, 0.05) is 13.6 Å². The number of nitrogens with zero attached hydrogens (tertiary/aromatic N) is 2. The van der Waals surface area contributed by atoms with Gasteiger partial charge in [-0.1, -0.05) is 0 Å². The molecule has 2 aromatic carbocycles. The average molecular weight is 496 g/mol. The number of hydrogen-bond donors (Lipinski definition) is 0. The zero-order valence-electron chi connectivity index (χ0n) is 18.0. The van der Waals surface area contributed by atoms with E-state index in [-0.39, 0.29) is 17.7 Å². The van der Waals surface area contributed by atoms with E-state index in [9.17, 15) is 45.5 Å². The number of alkyl halides is 6. The van der Waals surface area contributed by atoms with Crippen LogP contribution in [0.25, 0.3) is 0 Å². The Bertz CT molecular complexity index is 1380. The number of carbonyl (C=O) groups is 4. The molecule has 5 rings (SSSR count). The molecule has 0 fully saturated rings. The second kappa shape index (κ2) is 6.70. The van der Waals surface area contributed by atoms with Crippen molar-refractivity contribution < 1.29 is 45.5 Å². The number of carbonyl (C=O) groups excluding carboxylic acids is 4. The molecule has 2 aliphatic heterocycles. The van der Waals surface area contributed by atoms with Gasteiger partial charge in [0.05, 0.1) is 22.3 Å². The summed E-state index contributed by atoms with van der Waals surface area (Å²) in [6, 6.07) is 2.75. The van der Waals surface area contributed by atoms with Crippen molar-refractivity contribution in [2.45, 2.75) is 31.1 Å². The summed E-state index contributed by atoms with van der Waals surface area (Å²) < 4.78 is 88.1. The van der Waals surface area contributed by atoms with E-state index >= 15 is 0 Å². The van der Waals surface area contributed by atoms with Gasteiger partial charge in [-0.25, -0.2) is 0 Å². The fourth-order valence-electron chi connectivity index (χ4n) is 5.23. The van der Waals surface area contributed by atoms with Gasteiger partial charge < -0.3 is 0 Å². The number of halogens is 6. The van der Waals surface area contributed by atoms with Crippen LogP contribution in [-0.2, 0) is 11.8 Å². The molecule has 0 radical (unpaired) electrons. The second-order valence-electron chi connectivity index (χ2n) is 8.56. The first-order valence-corrected chi connectivity index (χ1v) is 10.3. The fourth-order valence-corrected chi connectivity index (χ4v) is 5.23. The zero-order valence-corrected chi connectivity index (χ0v) is 18.0. The first-order valence-electron chi connectivity index (χ1n) is 10.3. The highest BCUT2D eigenvalue weighted by atomic mass is 19.4. The van der Waals surface area contributed by atoms with E-state index in [1.165, 1.54) is 6.92 Å². The van der Waals surface area contributed by atoms with Gasteiger partial charge in [-0.3, -0.25) is 29.0 Å². The Morgan fingerprint density at radius 1 is 0.714 bits per heavy atom. The SMILES string of the molecule is CCN1C(=O)c2cc3c(cc2C1=O)C(C(F)(F)F)(C(F)(F)F)c1cc2c(cc1C3)C(=O)N(C)C2=O. The lowest BCUT2D eigenvalue weighted by molar-refractivity contribution is -0.289. The summed E-state index contributed by atoms with van der Waals surface area (Å²) in [6.45, 7) is 1.32. The van der Waals surface area contributed by atoms with Crippen molar-refractivity contribution in [3.8, 4) is 0 Å². The minimum Gasteiger partial charge on any atom is -0.277 e. The highest BCUT2D eigenvalue weighted by Gasteiger charge is 2.74. The molecule has 0 saturated heterocycles. The lowest BCUT2D eigenvalue weighted by Gasteiger charge is -2.43. The summed E-state index contributed by atoms with van der Waals surface area (Å²) in [5, 5.41) is 0. The largest absolute Gasteiger partial charge is 0.411 e. The highest BCUT2D eigenvalue weighted by molar-refractivity contribution is 6.22. The van der Waals surface area contributed by atoms with Crippen LogP contribution in [-0.4, -0.2) is 59.4 Å². The Labute approximate surface area is 193 Å². The topological polar surface area (TPSA) is 74.8 Å². The lowest BCUT2D eigenvalue weighted by Crippen LogP contribution is -2.57. The number of rotatable bonds is 1. The molecule has 12 heteroatoms. The molecular weight excluding hydrogens is 482 g/mol. The van der Waals surface area contributed by atoms with E-state index in [4.69, 9.17) is 0 Å². The molecule has 182 valence electrons. The summed E-state index contributed by atoms with van der Waals surface area (Å²) in [7, 11) is 1.07. The summed E-state index contributed by atoms with van der Waals surface area (Å²) >= 11 is 0. The van der Waals surface area contributed by atoms with Crippen molar-refractivity contribution >= 4 is 23.6 Å². The maximum atomic E-state index is 14.7. The third-order valence-corrected chi connectivity index (χ3v) is 6.86. The number of hydrogen-bond acceptors (Lipinski definition) is 4. The van der Waals surface area contributed by atoms with Crippen molar-refractivity contribution in [3.63, 3.8) is 0 Å². The molecule has 2 heterocycles. The molecule has 6 nitrogen and oxygen atoms in total. The minimum atomic E-state index is -5.95. The average Bonchev–Trinajstić information content (AvgIpc) is 3.11. The number of benzene rings is 2. The van der Waals surface area contributed by atoms with Gasteiger partial charge in [-0.15, -0.1) is 0 Å². The molecule has 0 unspecified atom stereocenters. The Morgan fingerprint density at radius 2 is 1.09 bits per heavy atom. The molecule has 4 amide bonds. The van der Waals surface area contributed by atoms with E-state index in [1.54, 1.807) is 0 Å². The molecular formula is C23H14F6N2O4. The van der Waals surface area contributed by atoms with Gasteiger partial charge in [-0.05, 0) is 59.9 Å². The molecule has 0 spiro atoms. The van der Waals surface area contributed by atoms with Crippen LogP contribution in [0.1, 0.15) is 70.6 Å². The zero-order chi connectivity index (χ0) is 25.8. The van der Waals surface area contributed by atoms with Crippen LogP contribution in [0.4, 0.5) is 26.3 Å². The third-order valence-electron chi connectivity index (χ3n) is 6.86. The van der Waals surface area contributed by atoms with E-state index in [0.717, 1.165) is 24.1 Å². The third kappa shape index (κ3) is 2.62. The first-order chi connectivity index (χ1) is 16.2. The fraction of sp³-hybridized carbons (Fsp3) is 0.304. The minimum absolute atomic E-state index is 0.120. The van der Waals surface area contributed by atoms with Crippen LogP contribution < -0.4 is 0 Å². The molecule has 0 N–H and O–H groups in total. The highest BCUT2D eigenvalue weighted by Crippen LogP contribution is 2.60. The van der Waals surface area contributed by atoms with Gasteiger partial charge in [0.2, 0.25) is 5.41 Å². The van der Waals surface area contributed by atoms with Gasteiger partial charge in [0.1, 0.15) is 0 Å². The first kappa shape index (κ1) is 23.1. The van der Waals surface area contributed by atoms with Crippen LogP contribution in [0.3, 0.4) is 0 Å². The number of imide groups is 2. The van der Waals surface area contributed by atoms with Gasteiger partial charge >= 0.3 is 12.4 Å². The quantitative estimate of drug-likeness (QED) is 0.444. The van der Waals surface area contributed by atoms with Crippen molar-refractivity contribution in [3.05, 3.63) is 68.8 Å². The van der Waals surface area contributed by atoms with Crippen molar-refractivity contribution in [2.75, 3.05) is 13.6 Å². The van der Waals surface area contributed by atoms with Crippen LogP contribution in [0, 0.1) is 0 Å². The molecule has 2 aromatic rings. The van der Waals surface area contributed by atoms with Crippen molar-refractivity contribution in [1.29, 1.82) is 0 Å². The predicted molar refractivity (Wildman–Crippen MR) is 106 cm³/mol. The van der Waals surface area contributed by atoms with Crippen molar-refractivity contribution in [1.82, 2.24) is 9.80 Å². The Kier molecular flexibility index (Phi) is 4.42. The van der Waals surface area contributed by atoms with Crippen LogP contribution in [0.15, 0.2) is 24.3 Å². The Balaban J connectivity index is 1.90. The molecule has 0 saturated carbocycles. The molecule has 3 aliphatic rings. The van der Waals surface area contributed by atoms with Crippen LogP contribution in [0.5, 0.6) is 0 Å². The van der Waals surface area contributed by atoms with Crippen LogP contribution >= 0.6 is 0 Å². The van der Waals surface area contributed by atoms with E-state index in [1.807, 2.05) is 0 Å².